The highest BCUT2D eigenvalue weighted by atomic mass is 16.5. The summed E-state index contributed by atoms with van der Waals surface area (Å²) in [4.78, 5) is 0. The Balaban J connectivity index is 2.39. The van der Waals surface area contributed by atoms with Crippen molar-refractivity contribution in [2.75, 3.05) is 20.7 Å². The molecule has 2 rings (SSSR count). The van der Waals surface area contributed by atoms with Crippen LogP contribution in [0.4, 0.5) is 0 Å². The molecule has 16 heavy (non-hydrogen) atoms. The van der Waals surface area contributed by atoms with Gasteiger partial charge in [-0.2, -0.15) is 0 Å². The van der Waals surface area contributed by atoms with Crippen LogP contribution in [-0.4, -0.2) is 20.7 Å². The van der Waals surface area contributed by atoms with Gasteiger partial charge in [0.1, 0.15) is 5.75 Å². The third-order valence-electron chi connectivity index (χ3n) is 3.38. The summed E-state index contributed by atoms with van der Waals surface area (Å²) < 4.78 is 5.47. The number of hydrogen-bond acceptors (Lipinski definition) is 2. The normalized spacial score (nSPS) is 17.6. The number of methoxy groups -OCH3 is 1. The van der Waals surface area contributed by atoms with Crippen molar-refractivity contribution < 1.29 is 4.74 Å². The minimum atomic E-state index is 0.182. The molecule has 0 saturated heterocycles. The van der Waals surface area contributed by atoms with Crippen LogP contribution in [0.3, 0.4) is 0 Å². The number of allylic oxidation sites excluding steroid dienone is 2. The second-order valence-corrected chi connectivity index (χ2v) is 4.39. The summed E-state index contributed by atoms with van der Waals surface area (Å²) in [5.41, 5.74) is 1.50. The molecule has 0 spiro atoms. The van der Waals surface area contributed by atoms with Crippen LogP contribution in [-0.2, 0) is 5.41 Å². The summed E-state index contributed by atoms with van der Waals surface area (Å²) in [5, 5.41) is 3.30. The highest BCUT2D eigenvalue weighted by Gasteiger charge is 2.34. The van der Waals surface area contributed by atoms with Gasteiger partial charge in [0.15, 0.2) is 0 Å². The van der Waals surface area contributed by atoms with Gasteiger partial charge >= 0.3 is 0 Å². The fraction of sp³-hybridized carbons (Fsp3) is 0.429. The molecule has 1 N–H and O–H groups in total. The Kier molecular flexibility index (Phi) is 3.30. The first-order valence-corrected chi connectivity index (χ1v) is 5.75. The number of ether oxygens (including phenoxy) is 1. The number of nitrogens with one attached hydrogen (secondary N) is 1. The first-order chi connectivity index (χ1) is 7.82. The van der Waals surface area contributed by atoms with Crippen LogP contribution in [0.2, 0.25) is 0 Å². The van der Waals surface area contributed by atoms with E-state index in [1.807, 2.05) is 19.2 Å². The second-order valence-electron chi connectivity index (χ2n) is 4.39. The Morgan fingerprint density at radius 3 is 2.56 bits per heavy atom. The van der Waals surface area contributed by atoms with Crippen LogP contribution in [0.25, 0.3) is 0 Å². The third-order valence-corrected chi connectivity index (χ3v) is 3.38. The van der Waals surface area contributed by atoms with Gasteiger partial charge in [0.05, 0.1) is 7.11 Å². The molecule has 0 radical (unpaired) electrons. The molecule has 0 heterocycles. The molecular weight excluding hydrogens is 198 g/mol. The van der Waals surface area contributed by atoms with Gasteiger partial charge in [-0.3, -0.25) is 0 Å². The molecule has 1 aromatic carbocycles. The lowest BCUT2D eigenvalue weighted by Gasteiger charge is -2.30. The topological polar surface area (TPSA) is 21.3 Å². The van der Waals surface area contributed by atoms with Crippen LogP contribution >= 0.6 is 0 Å². The Hall–Kier alpha value is -1.28. The van der Waals surface area contributed by atoms with Gasteiger partial charge in [-0.25, -0.2) is 0 Å². The molecule has 0 atom stereocenters. The third kappa shape index (κ3) is 1.85. The van der Waals surface area contributed by atoms with E-state index >= 15 is 0 Å². The van der Waals surface area contributed by atoms with Crippen molar-refractivity contribution >= 4 is 0 Å². The molecule has 0 saturated carbocycles. The molecule has 2 heteroatoms. The first-order valence-electron chi connectivity index (χ1n) is 5.75. The van der Waals surface area contributed by atoms with Crippen molar-refractivity contribution in [3.63, 3.8) is 0 Å². The van der Waals surface area contributed by atoms with Gasteiger partial charge < -0.3 is 10.1 Å². The van der Waals surface area contributed by atoms with Crippen molar-refractivity contribution in [2.45, 2.75) is 18.3 Å². The maximum atomic E-state index is 5.47. The number of rotatable bonds is 4. The van der Waals surface area contributed by atoms with Crippen molar-refractivity contribution in [2.24, 2.45) is 0 Å². The van der Waals surface area contributed by atoms with Crippen LogP contribution in [0.1, 0.15) is 18.4 Å². The standard InChI is InChI=1S/C14H19NO/c1-15-11-14(9-5-6-10-14)12-7-3-4-8-13(12)16-2/h3-8,15H,9-11H2,1-2H3. The van der Waals surface area contributed by atoms with E-state index in [1.165, 1.54) is 5.56 Å². The average Bonchev–Trinajstić information content (AvgIpc) is 2.79. The largest absolute Gasteiger partial charge is 0.496 e. The zero-order chi connectivity index (χ0) is 11.4. The predicted molar refractivity (Wildman–Crippen MR) is 67.0 cm³/mol. The van der Waals surface area contributed by atoms with E-state index in [9.17, 15) is 0 Å². The van der Waals surface area contributed by atoms with Crippen molar-refractivity contribution in [3.8, 4) is 5.75 Å². The van der Waals surface area contributed by atoms with Gasteiger partial charge in [-0.05, 0) is 26.0 Å². The molecule has 0 aromatic heterocycles. The van der Waals surface area contributed by atoms with Crippen LogP contribution < -0.4 is 10.1 Å². The molecule has 0 bridgehead atoms. The summed E-state index contributed by atoms with van der Waals surface area (Å²) in [5.74, 6) is 1.00. The minimum absolute atomic E-state index is 0.182. The molecule has 1 aliphatic carbocycles. The molecule has 1 aromatic rings. The molecule has 86 valence electrons. The zero-order valence-electron chi connectivity index (χ0n) is 9.99. The lowest BCUT2D eigenvalue weighted by molar-refractivity contribution is 0.373. The maximum absolute atomic E-state index is 5.47. The Morgan fingerprint density at radius 2 is 1.94 bits per heavy atom. The Bertz CT molecular complexity index is 376. The highest BCUT2D eigenvalue weighted by Crippen LogP contribution is 2.40. The molecular formula is C14H19NO. The van der Waals surface area contributed by atoms with Gasteiger partial charge in [-0.15, -0.1) is 0 Å². The maximum Gasteiger partial charge on any atom is 0.122 e. The average molecular weight is 217 g/mol. The van der Waals surface area contributed by atoms with E-state index in [0.29, 0.717) is 0 Å². The highest BCUT2D eigenvalue weighted by molar-refractivity contribution is 5.42. The zero-order valence-corrected chi connectivity index (χ0v) is 9.99. The Morgan fingerprint density at radius 1 is 1.25 bits per heavy atom. The van der Waals surface area contributed by atoms with Crippen molar-refractivity contribution in [3.05, 3.63) is 42.0 Å². The number of likely N-dealkylation sites (N-methyl/N-ethyl adjacent to an activating group) is 1. The molecule has 1 aliphatic rings. The van der Waals surface area contributed by atoms with Crippen LogP contribution in [0, 0.1) is 0 Å². The lowest BCUT2D eigenvalue weighted by atomic mass is 9.77. The van der Waals surface area contributed by atoms with Gasteiger partial charge in [0, 0.05) is 17.5 Å². The van der Waals surface area contributed by atoms with Gasteiger partial charge in [0.25, 0.3) is 0 Å². The van der Waals surface area contributed by atoms with Crippen molar-refractivity contribution in [1.29, 1.82) is 0 Å². The van der Waals surface area contributed by atoms with E-state index in [-0.39, 0.29) is 5.41 Å². The molecule has 0 fully saturated rings. The predicted octanol–water partition coefficient (Wildman–Crippen LogP) is 2.50. The number of benzene rings is 1. The molecule has 2 nitrogen and oxygen atoms in total. The van der Waals surface area contributed by atoms with Crippen LogP contribution in [0.5, 0.6) is 5.75 Å². The van der Waals surface area contributed by atoms with E-state index < -0.39 is 0 Å². The van der Waals surface area contributed by atoms with Gasteiger partial charge in [0.2, 0.25) is 0 Å². The Labute approximate surface area is 97.3 Å². The number of para-hydroxylation sites is 1. The minimum Gasteiger partial charge on any atom is -0.496 e. The fourth-order valence-corrected chi connectivity index (χ4v) is 2.58. The number of hydrogen-bond donors (Lipinski definition) is 1. The molecule has 0 aliphatic heterocycles. The van der Waals surface area contributed by atoms with E-state index in [0.717, 1.165) is 25.1 Å². The summed E-state index contributed by atoms with van der Waals surface area (Å²) in [6, 6.07) is 8.35. The summed E-state index contributed by atoms with van der Waals surface area (Å²) in [6.45, 7) is 0.986. The van der Waals surface area contributed by atoms with E-state index in [4.69, 9.17) is 4.74 Å². The smallest absolute Gasteiger partial charge is 0.122 e. The van der Waals surface area contributed by atoms with Crippen molar-refractivity contribution in [1.82, 2.24) is 5.32 Å². The van der Waals surface area contributed by atoms with E-state index in [2.05, 4.69) is 29.6 Å². The molecule has 0 amide bonds. The fourth-order valence-electron chi connectivity index (χ4n) is 2.58. The van der Waals surface area contributed by atoms with E-state index in [1.54, 1.807) is 7.11 Å². The molecule has 0 unspecified atom stereocenters. The van der Waals surface area contributed by atoms with Crippen LogP contribution in [0.15, 0.2) is 36.4 Å². The first kappa shape index (κ1) is 11.2. The quantitative estimate of drug-likeness (QED) is 0.782. The summed E-state index contributed by atoms with van der Waals surface area (Å²) >= 11 is 0. The SMILES string of the molecule is CNCC1(c2ccccc2OC)CC=CC1. The second kappa shape index (κ2) is 4.71. The monoisotopic (exact) mass is 217 g/mol. The van der Waals surface area contributed by atoms with Gasteiger partial charge in [-0.1, -0.05) is 30.4 Å². The summed E-state index contributed by atoms with van der Waals surface area (Å²) in [7, 11) is 3.75. The summed E-state index contributed by atoms with van der Waals surface area (Å²) in [6.07, 6.45) is 6.72. The lowest BCUT2D eigenvalue weighted by Crippen LogP contribution is -2.34.